The average Bonchev–Trinajstić information content (AvgIpc) is 3.02. The number of nitrogens with zero attached hydrogens (tertiary/aromatic N) is 3. The number of benzene rings is 2. The third-order valence-corrected chi connectivity index (χ3v) is 4.22. The summed E-state index contributed by atoms with van der Waals surface area (Å²) in [5.41, 5.74) is 1.93. The highest BCUT2D eigenvalue weighted by molar-refractivity contribution is 6.20. The standard InChI is InChI=1S/C21H15N3O5/c25-19-17-8-4-5-9-18(17)20(26)24(19)29-13-16-11-22-15(10-23-16)12-28-21(27)14-6-2-1-3-7-14/h1-11H,12-13H2. The Bertz CT molecular complexity index is 1030. The minimum atomic E-state index is -0.511. The van der Waals surface area contributed by atoms with Gasteiger partial charge in [-0.25, -0.2) is 4.79 Å². The number of rotatable bonds is 6. The number of carbonyl (C=O) groups is 3. The summed E-state index contributed by atoms with van der Waals surface area (Å²) in [7, 11) is 0. The van der Waals surface area contributed by atoms with Crippen molar-refractivity contribution >= 4 is 17.8 Å². The van der Waals surface area contributed by atoms with Crippen molar-refractivity contribution in [2.24, 2.45) is 0 Å². The third-order valence-electron chi connectivity index (χ3n) is 4.22. The molecule has 8 nitrogen and oxygen atoms in total. The molecule has 2 aromatic carbocycles. The van der Waals surface area contributed by atoms with E-state index in [2.05, 4.69) is 9.97 Å². The van der Waals surface area contributed by atoms with E-state index < -0.39 is 17.8 Å². The molecule has 1 aromatic heterocycles. The summed E-state index contributed by atoms with van der Waals surface area (Å²) in [6, 6.07) is 15.1. The van der Waals surface area contributed by atoms with E-state index in [1.807, 2.05) is 6.07 Å². The minimum absolute atomic E-state index is 0.0275. The van der Waals surface area contributed by atoms with Crippen LogP contribution < -0.4 is 0 Å². The maximum absolute atomic E-state index is 12.2. The molecule has 4 rings (SSSR count). The molecule has 0 atom stereocenters. The Morgan fingerprint density at radius 1 is 0.793 bits per heavy atom. The van der Waals surface area contributed by atoms with Gasteiger partial charge in [-0.2, -0.15) is 0 Å². The molecular formula is C21H15N3O5. The lowest BCUT2D eigenvalue weighted by Gasteiger charge is -2.12. The topological polar surface area (TPSA) is 98.7 Å². The number of ether oxygens (including phenoxy) is 1. The zero-order valence-electron chi connectivity index (χ0n) is 15.1. The van der Waals surface area contributed by atoms with Crippen molar-refractivity contribution in [2.75, 3.05) is 0 Å². The predicted octanol–water partition coefficient (Wildman–Crippen LogP) is 2.56. The number of hydroxylamine groups is 2. The van der Waals surface area contributed by atoms with E-state index in [0.29, 0.717) is 28.1 Å². The van der Waals surface area contributed by atoms with E-state index in [9.17, 15) is 14.4 Å². The second-order valence-electron chi connectivity index (χ2n) is 6.16. The first kappa shape index (κ1) is 18.5. The number of carbonyl (C=O) groups excluding carboxylic acids is 3. The Morgan fingerprint density at radius 3 is 1.93 bits per heavy atom. The molecule has 0 N–H and O–H groups in total. The van der Waals surface area contributed by atoms with Crippen LogP contribution in [0.25, 0.3) is 0 Å². The molecule has 0 aliphatic carbocycles. The van der Waals surface area contributed by atoms with Gasteiger partial charge in [0.2, 0.25) is 0 Å². The number of amides is 2. The van der Waals surface area contributed by atoms with Gasteiger partial charge in [0.1, 0.15) is 13.2 Å². The summed E-state index contributed by atoms with van der Waals surface area (Å²) in [5.74, 6) is -1.48. The molecule has 8 heteroatoms. The fraction of sp³-hybridized carbons (Fsp3) is 0.0952. The highest BCUT2D eigenvalue weighted by Gasteiger charge is 2.36. The molecule has 29 heavy (non-hydrogen) atoms. The van der Waals surface area contributed by atoms with Gasteiger partial charge in [-0.3, -0.25) is 24.4 Å². The first-order valence-corrected chi connectivity index (χ1v) is 8.76. The van der Waals surface area contributed by atoms with E-state index in [-0.39, 0.29) is 13.2 Å². The number of aromatic nitrogens is 2. The fourth-order valence-electron chi connectivity index (χ4n) is 2.74. The minimum Gasteiger partial charge on any atom is -0.456 e. The summed E-state index contributed by atoms with van der Waals surface area (Å²) in [6.45, 7) is -0.136. The van der Waals surface area contributed by atoms with Crippen molar-refractivity contribution in [1.29, 1.82) is 0 Å². The normalized spacial score (nSPS) is 12.8. The average molecular weight is 389 g/mol. The lowest BCUT2D eigenvalue weighted by atomic mass is 10.1. The maximum Gasteiger partial charge on any atom is 0.338 e. The van der Waals surface area contributed by atoms with Crippen LogP contribution in [-0.4, -0.2) is 32.8 Å². The number of hydrogen-bond donors (Lipinski definition) is 0. The van der Waals surface area contributed by atoms with E-state index in [4.69, 9.17) is 9.57 Å². The van der Waals surface area contributed by atoms with Crippen LogP contribution in [-0.2, 0) is 22.8 Å². The van der Waals surface area contributed by atoms with Gasteiger partial charge in [-0.15, -0.1) is 5.06 Å². The van der Waals surface area contributed by atoms with Crippen molar-refractivity contribution in [1.82, 2.24) is 15.0 Å². The van der Waals surface area contributed by atoms with Crippen LogP contribution in [0.1, 0.15) is 42.5 Å². The molecule has 2 amide bonds. The van der Waals surface area contributed by atoms with Gasteiger partial charge in [0.05, 0.1) is 40.5 Å². The van der Waals surface area contributed by atoms with Gasteiger partial charge in [0.25, 0.3) is 11.8 Å². The second kappa shape index (κ2) is 7.99. The van der Waals surface area contributed by atoms with Crippen LogP contribution in [0.4, 0.5) is 0 Å². The molecule has 0 bridgehead atoms. The SMILES string of the molecule is O=C(OCc1cnc(CON2C(=O)c3ccccc3C2=O)cn1)c1ccccc1. The van der Waals surface area contributed by atoms with E-state index in [0.717, 1.165) is 5.06 Å². The first-order valence-electron chi connectivity index (χ1n) is 8.76. The smallest absolute Gasteiger partial charge is 0.338 e. The van der Waals surface area contributed by atoms with Crippen LogP contribution in [0.15, 0.2) is 67.0 Å². The third kappa shape index (κ3) is 3.87. The van der Waals surface area contributed by atoms with Crippen LogP contribution >= 0.6 is 0 Å². The lowest BCUT2D eigenvalue weighted by Crippen LogP contribution is -2.29. The lowest BCUT2D eigenvalue weighted by molar-refractivity contribution is -0.102. The monoisotopic (exact) mass is 389 g/mol. The zero-order chi connectivity index (χ0) is 20.2. The summed E-state index contributed by atoms with van der Waals surface area (Å²) >= 11 is 0. The molecule has 0 unspecified atom stereocenters. The molecule has 1 aliphatic rings. The van der Waals surface area contributed by atoms with Crippen LogP contribution in [0.3, 0.4) is 0 Å². The Hall–Kier alpha value is -3.91. The molecule has 144 valence electrons. The number of hydrogen-bond acceptors (Lipinski definition) is 7. The molecule has 0 radical (unpaired) electrons. The van der Waals surface area contributed by atoms with Gasteiger partial charge in [-0.1, -0.05) is 30.3 Å². The molecule has 0 saturated heterocycles. The van der Waals surface area contributed by atoms with E-state index in [1.54, 1.807) is 48.5 Å². The number of imide groups is 1. The largest absolute Gasteiger partial charge is 0.456 e. The molecular weight excluding hydrogens is 374 g/mol. The Labute approximate surface area is 165 Å². The van der Waals surface area contributed by atoms with Gasteiger partial charge in [0.15, 0.2) is 0 Å². The van der Waals surface area contributed by atoms with Crippen molar-refractivity contribution < 1.29 is 24.0 Å². The Balaban J connectivity index is 1.32. The summed E-state index contributed by atoms with van der Waals surface area (Å²) in [5, 5.41) is 0.724. The zero-order valence-corrected chi connectivity index (χ0v) is 15.1. The highest BCUT2D eigenvalue weighted by Crippen LogP contribution is 2.23. The number of esters is 1. The van der Waals surface area contributed by atoms with Crippen LogP contribution in [0.5, 0.6) is 0 Å². The van der Waals surface area contributed by atoms with Crippen LogP contribution in [0, 0.1) is 0 Å². The highest BCUT2D eigenvalue weighted by atomic mass is 16.7. The number of fused-ring (bicyclic) bond motifs is 1. The van der Waals surface area contributed by atoms with Gasteiger partial charge >= 0.3 is 5.97 Å². The van der Waals surface area contributed by atoms with Crippen molar-refractivity contribution in [2.45, 2.75) is 13.2 Å². The Morgan fingerprint density at radius 2 is 1.34 bits per heavy atom. The molecule has 0 fully saturated rings. The maximum atomic E-state index is 12.2. The fourth-order valence-corrected chi connectivity index (χ4v) is 2.74. The van der Waals surface area contributed by atoms with Crippen LogP contribution in [0.2, 0.25) is 0 Å². The summed E-state index contributed by atoms with van der Waals surface area (Å²) in [4.78, 5) is 50.1. The Kier molecular flexibility index (Phi) is 5.08. The van der Waals surface area contributed by atoms with E-state index in [1.165, 1.54) is 12.4 Å². The van der Waals surface area contributed by atoms with Crippen molar-refractivity contribution in [3.63, 3.8) is 0 Å². The summed E-state index contributed by atoms with van der Waals surface area (Å²) in [6.07, 6.45) is 2.88. The molecule has 0 saturated carbocycles. The summed E-state index contributed by atoms with van der Waals surface area (Å²) < 4.78 is 5.19. The predicted molar refractivity (Wildman–Crippen MR) is 99.3 cm³/mol. The van der Waals surface area contributed by atoms with E-state index >= 15 is 0 Å². The van der Waals surface area contributed by atoms with Gasteiger partial charge in [0, 0.05) is 0 Å². The van der Waals surface area contributed by atoms with Crippen molar-refractivity contribution in [3.05, 3.63) is 95.1 Å². The molecule has 2 heterocycles. The quantitative estimate of drug-likeness (QED) is 0.472. The van der Waals surface area contributed by atoms with Gasteiger partial charge in [-0.05, 0) is 24.3 Å². The molecule has 3 aromatic rings. The molecule has 0 spiro atoms. The van der Waals surface area contributed by atoms with Gasteiger partial charge < -0.3 is 4.74 Å². The first-order chi connectivity index (χ1) is 14.1. The molecule has 1 aliphatic heterocycles. The van der Waals surface area contributed by atoms with Crippen molar-refractivity contribution in [3.8, 4) is 0 Å². The second-order valence-corrected chi connectivity index (χ2v) is 6.16.